The molecule has 0 radical (unpaired) electrons. The fraction of sp³-hybridized carbons (Fsp3) is 0.500. The van der Waals surface area contributed by atoms with E-state index in [-0.39, 0.29) is 0 Å². The van der Waals surface area contributed by atoms with Gasteiger partial charge in [-0.05, 0) is 37.9 Å². The lowest BCUT2D eigenvalue weighted by molar-refractivity contribution is 0.495. The number of hydrogen-bond donors (Lipinski definition) is 1. The second-order valence-corrected chi connectivity index (χ2v) is 5.06. The maximum atomic E-state index is 4.40. The Morgan fingerprint density at radius 2 is 2.05 bits per heavy atom. The fourth-order valence-corrected chi connectivity index (χ4v) is 2.48. The molecule has 1 aromatic carbocycles. The van der Waals surface area contributed by atoms with Crippen LogP contribution in [0.2, 0.25) is 0 Å². The van der Waals surface area contributed by atoms with Crippen molar-refractivity contribution in [2.75, 3.05) is 6.54 Å². The summed E-state index contributed by atoms with van der Waals surface area (Å²) in [5.41, 5.74) is 2.68. The van der Waals surface area contributed by atoms with Crippen molar-refractivity contribution in [3.05, 3.63) is 47.5 Å². The minimum atomic E-state index is 0.297. The van der Waals surface area contributed by atoms with E-state index < -0.39 is 0 Å². The number of aryl methyl sites for hydroxylation is 2. The predicted octanol–water partition coefficient (Wildman–Crippen LogP) is 2.89. The highest BCUT2D eigenvalue weighted by molar-refractivity contribution is 5.29. The number of nitrogens with one attached hydrogen (secondary N) is 1. The topological polar surface area (TPSA) is 42.7 Å². The maximum absolute atomic E-state index is 4.40. The van der Waals surface area contributed by atoms with Crippen LogP contribution in [0, 0.1) is 6.92 Å². The third kappa shape index (κ3) is 3.45. The molecular weight excluding hydrogens is 248 g/mol. The van der Waals surface area contributed by atoms with Gasteiger partial charge in [0.05, 0.1) is 0 Å². The molecule has 4 heteroatoms. The highest BCUT2D eigenvalue weighted by Gasteiger charge is 2.16. The Labute approximate surface area is 121 Å². The molecule has 0 aliphatic carbocycles. The van der Waals surface area contributed by atoms with Gasteiger partial charge < -0.3 is 5.32 Å². The zero-order valence-electron chi connectivity index (χ0n) is 12.6. The largest absolute Gasteiger partial charge is 0.310 e. The molecule has 0 fully saturated rings. The highest BCUT2D eigenvalue weighted by Crippen LogP contribution is 2.21. The first kappa shape index (κ1) is 14.7. The molecule has 2 aromatic rings. The molecular formula is C16H24N4. The SMILES string of the molecule is CCCNC(Cc1ncnn1CC)c1ccccc1C. The van der Waals surface area contributed by atoms with E-state index in [0.29, 0.717) is 6.04 Å². The summed E-state index contributed by atoms with van der Waals surface area (Å²) in [6.45, 7) is 8.33. The van der Waals surface area contributed by atoms with Crippen LogP contribution in [0.1, 0.15) is 43.3 Å². The van der Waals surface area contributed by atoms with Gasteiger partial charge in [-0.15, -0.1) is 0 Å². The Kier molecular flexibility index (Phi) is 5.30. The standard InChI is InChI=1S/C16H24N4/c1-4-10-17-15(14-9-7-6-8-13(14)3)11-16-18-12-19-20(16)5-2/h6-9,12,15,17H,4-5,10-11H2,1-3H3. The second-order valence-electron chi connectivity index (χ2n) is 5.06. The van der Waals surface area contributed by atoms with Crippen molar-refractivity contribution in [3.8, 4) is 0 Å². The van der Waals surface area contributed by atoms with Crippen molar-refractivity contribution >= 4 is 0 Å². The third-order valence-corrected chi connectivity index (χ3v) is 3.59. The van der Waals surface area contributed by atoms with Gasteiger partial charge in [0.2, 0.25) is 0 Å². The summed E-state index contributed by atoms with van der Waals surface area (Å²) in [7, 11) is 0. The minimum absolute atomic E-state index is 0.297. The van der Waals surface area contributed by atoms with E-state index in [4.69, 9.17) is 0 Å². The van der Waals surface area contributed by atoms with Crippen molar-refractivity contribution in [3.63, 3.8) is 0 Å². The lowest BCUT2D eigenvalue weighted by Crippen LogP contribution is -2.26. The summed E-state index contributed by atoms with van der Waals surface area (Å²) in [4.78, 5) is 4.40. The summed E-state index contributed by atoms with van der Waals surface area (Å²) in [6, 6.07) is 8.86. The molecule has 1 unspecified atom stereocenters. The van der Waals surface area contributed by atoms with E-state index >= 15 is 0 Å². The fourth-order valence-electron chi connectivity index (χ4n) is 2.48. The van der Waals surface area contributed by atoms with E-state index in [2.05, 4.69) is 60.4 Å². The average molecular weight is 272 g/mol. The summed E-state index contributed by atoms with van der Waals surface area (Å²) < 4.78 is 1.97. The van der Waals surface area contributed by atoms with Gasteiger partial charge in [-0.3, -0.25) is 4.68 Å². The van der Waals surface area contributed by atoms with Crippen LogP contribution in [0.5, 0.6) is 0 Å². The number of nitrogens with zero attached hydrogens (tertiary/aromatic N) is 3. The molecule has 0 saturated carbocycles. The highest BCUT2D eigenvalue weighted by atomic mass is 15.3. The van der Waals surface area contributed by atoms with Crippen LogP contribution in [0.3, 0.4) is 0 Å². The lowest BCUT2D eigenvalue weighted by Gasteiger charge is -2.20. The maximum Gasteiger partial charge on any atom is 0.138 e. The molecule has 20 heavy (non-hydrogen) atoms. The number of aromatic nitrogens is 3. The van der Waals surface area contributed by atoms with Crippen molar-refractivity contribution in [1.82, 2.24) is 20.1 Å². The molecule has 0 amide bonds. The van der Waals surface area contributed by atoms with E-state index in [1.165, 1.54) is 11.1 Å². The van der Waals surface area contributed by atoms with Crippen LogP contribution in [0.4, 0.5) is 0 Å². The molecule has 1 N–H and O–H groups in total. The molecule has 0 spiro atoms. The zero-order valence-corrected chi connectivity index (χ0v) is 12.6. The van der Waals surface area contributed by atoms with Crippen molar-refractivity contribution in [2.45, 2.75) is 46.2 Å². The quantitative estimate of drug-likeness (QED) is 0.842. The van der Waals surface area contributed by atoms with Crippen LogP contribution in [0.25, 0.3) is 0 Å². The van der Waals surface area contributed by atoms with Gasteiger partial charge in [0.15, 0.2) is 0 Å². The lowest BCUT2D eigenvalue weighted by atomic mass is 9.98. The van der Waals surface area contributed by atoms with Gasteiger partial charge in [-0.25, -0.2) is 4.98 Å². The Balaban J connectivity index is 2.22. The first-order valence-electron chi connectivity index (χ1n) is 7.41. The van der Waals surface area contributed by atoms with E-state index in [0.717, 1.165) is 31.8 Å². The van der Waals surface area contributed by atoms with E-state index in [1.807, 2.05) is 4.68 Å². The number of benzene rings is 1. The van der Waals surface area contributed by atoms with Gasteiger partial charge >= 0.3 is 0 Å². The van der Waals surface area contributed by atoms with Gasteiger partial charge in [0.1, 0.15) is 12.2 Å². The van der Waals surface area contributed by atoms with E-state index in [9.17, 15) is 0 Å². The van der Waals surface area contributed by atoms with Crippen LogP contribution < -0.4 is 5.32 Å². The molecule has 108 valence electrons. The molecule has 4 nitrogen and oxygen atoms in total. The zero-order chi connectivity index (χ0) is 14.4. The van der Waals surface area contributed by atoms with Crippen LogP contribution in [-0.4, -0.2) is 21.3 Å². The Morgan fingerprint density at radius 1 is 1.25 bits per heavy atom. The monoisotopic (exact) mass is 272 g/mol. The van der Waals surface area contributed by atoms with Crippen LogP contribution in [-0.2, 0) is 13.0 Å². The van der Waals surface area contributed by atoms with E-state index in [1.54, 1.807) is 6.33 Å². The molecule has 1 atom stereocenters. The number of rotatable bonds is 7. The van der Waals surface area contributed by atoms with Crippen LogP contribution >= 0.6 is 0 Å². The van der Waals surface area contributed by atoms with Crippen molar-refractivity contribution in [2.24, 2.45) is 0 Å². The molecule has 2 rings (SSSR count). The molecule has 1 aromatic heterocycles. The Hall–Kier alpha value is -1.68. The van der Waals surface area contributed by atoms with Gasteiger partial charge in [-0.2, -0.15) is 5.10 Å². The minimum Gasteiger partial charge on any atom is -0.310 e. The van der Waals surface area contributed by atoms with Gasteiger partial charge in [-0.1, -0.05) is 31.2 Å². The number of hydrogen-bond acceptors (Lipinski definition) is 3. The van der Waals surface area contributed by atoms with Gasteiger partial charge in [0.25, 0.3) is 0 Å². The normalized spacial score (nSPS) is 12.6. The summed E-state index contributed by atoms with van der Waals surface area (Å²) in [5, 5.41) is 7.90. The molecule has 0 aliphatic rings. The first-order chi connectivity index (χ1) is 9.76. The summed E-state index contributed by atoms with van der Waals surface area (Å²) >= 11 is 0. The molecule has 1 heterocycles. The first-order valence-corrected chi connectivity index (χ1v) is 7.41. The average Bonchev–Trinajstić information content (AvgIpc) is 2.91. The molecule has 0 bridgehead atoms. The Bertz CT molecular complexity index is 533. The summed E-state index contributed by atoms with van der Waals surface area (Å²) in [6.07, 6.45) is 3.65. The third-order valence-electron chi connectivity index (χ3n) is 3.59. The van der Waals surface area contributed by atoms with Crippen LogP contribution in [0.15, 0.2) is 30.6 Å². The predicted molar refractivity (Wildman–Crippen MR) is 81.6 cm³/mol. The molecule has 0 aliphatic heterocycles. The van der Waals surface area contributed by atoms with Crippen molar-refractivity contribution < 1.29 is 0 Å². The van der Waals surface area contributed by atoms with Gasteiger partial charge in [0, 0.05) is 19.0 Å². The Morgan fingerprint density at radius 3 is 2.75 bits per heavy atom. The molecule has 0 saturated heterocycles. The summed E-state index contributed by atoms with van der Waals surface area (Å²) in [5.74, 6) is 1.05. The van der Waals surface area contributed by atoms with Crippen molar-refractivity contribution in [1.29, 1.82) is 0 Å². The smallest absolute Gasteiger partial charge is 0.138 e. The second kappa shape index (κ2) is 7.20.